The summed E-state index contributed by atoms with van der Waals surface area (Å²) in [7, 11) is 2.07. The summed E-state index contributed by atoms with van der Waals surface area (Å²) in [5.74, 6) is 0.454. The molecule has 0 bridgehead atoms. The van der Waals surface area contributed by atoms with Gasteiger partial charge in [0.25, 0.3) is 0 Å². The van der Waals surface area contributed by atoms with Crippen molar-refractivity contribution in [2.45, 2.75) is 0 Å². The first-order valence-electron chi connectivity index (χ1n) is 10.5. The second-order valence-electron chi connectivity index (χ2n) is 7.62. The van der Waals surface area contributed by atoms with E-state index in [1.54, 1.807) is 48.7 Å². The van der Waals surface area contributed by atoms with Crippen molar-refractivity contribution < 1.29 is 13.9 Å². The van der Waals surface area contributed by atoms with E-state index in [0.717, 1.165) is 26.2 Å². The van der Waals surface area contributed by atoms with E-state index in [4.69, 9.17) is 4.74 Å². The molecule has 2 heterocycles. The van der Waals surface area contributed by atoms with Gasteiger partial charge >= 0.3 is 0 Å². The second-order valence-corrected chi connectivity index (χ2v) is 7.62. The van der Waals surface area contributed by atoms with Crippen LogP contribution >= 0.6 is 0 Å². The Labute approximate surface area is 191 Å². The highest BCUT2D eigenvalue weighted by atomic mass is 19.1. The van der Waals surface area contributed by atoms with Gasteiger partial charge in [0.05, 0.1) is 5.69 Å². The molecule has 1 saturated heterocycles. The lowest BCUT2D eigenvalue weighted by atomic mass is 10.2. The number of nitrogens with zero attached hydrogens (tertiary/aromatic N) is 4. The molecule has 170 valence electrons. The lowest BCUT2D eigenvalue weighted by molar-refractivity contribution is -0.111. The van der Waals surface area contributed by atoms with Crippen LogP contribution in [0.5, 0.6) is 11.6 Å². The summed E-state index contributed by atoms with van der Waals surface area (Å²) >= 11 is 0. The highest BCUT2D eigenvalue weighted by Gasteiger charge is 2.17. The quantitative estimate of drug-likeness (QED) is 0.528. The van der Waals surface area contributed by atoms with Crippen molar-refractivity contribution >= 4 is 28.9 Å². The van der Waals surface area contributed by atoms with Crippen molar-refractivity contribution in [2.75, 3.05) is 48.8 Å². The molecular formula is C24H25FN6O2. The van der Waals surface area contributed by atoms with Crippen molar-refractivity contribution in [2.24, 2.45) is 0 Å². The van der Waals surface area contributed by atoms with Crippen molar-refractivity contribution in [3.8, 4) is 11.6 Å². The zero-order valence-corrected chi connectivity index (χ0v) is 18.3. The fraction of sp³-hybridized carbons (Fsp3) is 0.208. The topological polar surface area (TPSA) is 82.6 Å². The van der Waals surface area contributed by atoms with Gasteiger partial charge in [0, 0.05) is 55.9 Å². The molecule has 0 aliphatic carbocycles. The van der Waals surface area contributed by atoms with Gasteiger partial charge < -0.3 is 25.2 Å². The van der Waals surface area contributed by atoms with Crippen LogP contribution in [0.25, 0.3) is 0 Å². The molecule has 9 heteroatoms. The monoisotopic (exact) mass is 448 g/mol. The average Bonchev–Trinajstić information content (AvgIpc) is 2.80. The molecule has 0 atom stereocenters. The highest BCUT2D eigenvalue weighted by Crippen LogP contribution is 2.27. The van der Waals surface area contributed by atoms with Crippen LogP contribution in [0, 0.1) is 5.82 Å². The molecule has 2 N–H and O–H groups in total. The number of benzene rings is 2. The van der Waals surface area contributed by atoms with Crippen molar-refractivity contribution in [1.82, 2.24) is 14.9 Å². The largest absolute Gasteiger partial charge is 0.439 e. The van der Waals surface area contributed by atoms with Gasteiger partial charge in [-0.3, -0.25) is 4.79 Å². The summed E-state index contributed by atoms with van der Waals surface area (Å²) in [6.07, 6.45) is 2.74. The SMILES string of the molecule is C=CC(=O)Nc1cccc(Oc2ccnc(Nc3ccc(N4CCN(C)CC4)c(F)c3)n2)c1. The second kappa shape index (κ2) is 10.1. The molecular weight excluding hydrogens is 423 g/mol. The molecule has 3 aromatic rings. The van der Waals surface area contributed by atoms with Gasteiger partial charge in [-0.05, 0) is 43.5 Å². The number of likely N-dealkylation sites (N-methyl/N-ethyl adjacent to an activating group) is 1. The molecule has 1 aromatic heterocycles. The number of halogens is 1. The van der Waals surface area contributed by atoms with Crippen LogP contribution < -0.4 is 20.3 Å². The molecule has 0 radical (unpaired) electrons. The van der Waals surface area contributed by atoms with Crippen molar-refractivity contribution in [3.05, 3.63) is 73.2 Å². The van der Waals surface area contributed by atoms with Crippen molar-refractivity contribution in [1.29, 1.82) is 0 Å². The smallest absolute Gasteiger partial charge is 0.247 e. The van der Waals surface area contributed by atoms with Gasteiger partial charge in [0.1, 0.15) is 11.6 Å². The Morgan fingerprint density at radius 3 is 2.70 bits per heavy atom. The first-order valence-corrected chi connectivity index (χ1v) is 10.5. The van der Waals surface area contributed by atoms with Crippen LogP contribution in [0.2, 0.25) is 0 Å². The van der Waals surface area contributed by atoms with E-state index in [2.05, 4.69) is 44.0 Å². The van der Waals surface area contributed by atoms with E-state index < -0.39 is 0 Å². The summed E-state index contributed by atoms with van der Waals surface area (Å²) in [5, 5.41) is 5.69. The Hall–Kier alpha value is -3.98. The van der Waals surface area contributed by atoms with Crippen LogP contribution in [0.1, 0.15) is 0 Å². The van der Waals surface area contributed by atoms with Gasteiger partial charge in [-0.25, -0.2) is 9.37 Å². The molecule has 1 amide bonds. The zero-order valence-electron chi connectivity index (χ0n) is 18.3. The van der Waals surface area contributed by atoms with E-state index >= 15 is 0 Å². The molecule has 33 heavy (non-hydrogen) atoms. The number of ether oxygens (including phenoxy) is 1. The molecule has 1 aliphatic rings. The highest BCUT2D eigenvalue weighted by molar-refractivity contribution is 5.98. The first-order chi connectivity index (χ1) is 16.0. The molecule has 0 spiro atoms. The lowest BCUT2D eigenvalue weighted by Crippen LogP contribution is -2.44. The maximum atomic E-state index is 14.8. The third kappa shape index (κ3) is 5.83. The minimum absolute atomic E-state index is 0.273. The Balaban J connectivity index is 1.43. The fourth-order valence-corrected chi connectivity index (χ4v) is 3.43. The van der Waals surface area contributed by atoms with Crippen LogP contribution in [-0.4, -0.2) is 54.0 Å². The molecule has 8 nitrogen and oxygen atoms in total. The van der Waals surface area contributed by atoms with E-state index in [1.165, 1.54) is 12.1 Å². The van der Waals surface area contributed by atoms with Gasteiger partial charge in [-0.1, -0.05) is 12.6 Å². The third-order valence-electron chi connectivity index (χ3n) is 5.19. The fourth-order valence-electron chi connectivity index (χ4n) is 3.43. The first kappa shape index (κ1) is 22.2. The number of carbonyl (C=O) groups excluding carboxylic acids is 1. The summed E-state index contributed by atoms with van der Waals surface area (Å²) in [6, 6.07) is 13.5. The summed E-state index contributed by atoms with van der Waals surface area (Å²) < 4.78 is 20.5. The Kier molecular flexibility index (Phi) is 6.80. The van der Waals surface area contributed by atoms with E-state index in [-0.39, 0.29) is 17.7 Å². The maximum Gasteiger partial charge on any atom is 0.247 e. The van der Waals surface area contributed by atoms with Gasteiger partial charge in [0.2, 0.25) is 17.7 Å². The number of hydrogen-bond acceptors (Lipinski definition) is 7. The van der Waals surface area contributed by atoms with Crippen LogP contribution in [0.3, 0.4) is 0 Å². The normalized spacial score (nSPS) is 13.9. The van der Waals surface area contributed by atoms with E-state index in [9.17, 15) is 9.18 Å². The van der Waals surface area contributed by atoms with Crippen molar-refractivity contribution in [3.63, 3.8) is 0 Å². The molecule has 0 saturated carbocycles. The van der Waals surface area contributed by atoms with Crippen LogP contribution in [-0.2, 0) is 4.79 Å². The predicted octanol–water partition coefficient (Wildman–Crippen LogP) is 4.03. The van der Waals surface area contributed by atoms with Gasteiger partial charge in [0.15, 0.2) is 0 Å². The summed E-state index contributed by atoms with van der Waals surface area (Å²) in [4.78, 5) is 24.3. The number of hydrogen-bond donors (Lipinski definition) is 2. The lowest BCUT2D eigenvalue weighted by Gasteiger charge is -2.34. The summed E-state index contributed by atoms with van der Waals surface area (Å²) in [5.41, 5.74) is 1.70. The van der Waals surface area contributed by atoms with E-state index in [1.807, 2.05) is 0 Å². The Morgan fingerprint density at radius 2 is 1.94 bits per heavy atom. The molecule has 1 aliphatic heterocycles. The standard InChI is InChI=1S/C24H25FN6O2/c1-3-22(32)27-17-5-4-6-19(15-17)33-23-9-10-26-24(29-23)28-18-7-8-21(20(25)16-18)31-13-11-30(2)12-14-31/h3-10,15-16H,1,11-14H2,2H3,(H,27,32)(H,26,28,29). The number of carbonyl (C=O) groups is 1. The van der Waals surface area contributed by atoms with Gasteiger partial charge in [-0.15, -0.1) is 0 Å². The number of nitrogens with one attached hydrogen (secondary N) is 2. The van der Waals surface area contributed by atoms with Crippen LogP contribution in [0.15, 0.2) is 67.4 Å². The maximum absolute atomic E-state index is 14.8. The van der Waals surface area contributed by atoms with E-state index in [0.29, 0.717) is 28.7 Å². The third-order valence-corrected chi connectivity index (χ3v) is 5.19. The number of anilines is 4. The zero-order chi connectivity index (χ0) is 23.2. The Bertz CT molecular complexity index is 1150. The van der Waals surface area contributed by atoms with Crippen LogP contribution in [0.4, 0.5) is 27.4 Å². The molecule has 1 fully saturated rings. The summed E-state index contributed by atoms with van der Waals surface area (Å²) in [6.45, 7) is 6.83. The molecule has 4 rings (SSSR count). The number of piperazine rings is 1. The predicted molar refractivity (Wildman–Crippen MR) is 127 cm³/mol. The minimum Gasteiger partial charge on any atom is -0.439 e. The number of amides is 1. The minimum atomic E-state index is -0.313. The Morgan fingerprint density at radius 1 is 1.12 bits per heavy atom. The average molecular weight is 449 g/mol. The number of aromatic nitrogens is 2. The number of rotatable bonds is 7. The molecule has 2 aromatic carbocycles. The molecule has 0 unspecified atom stereocenters. The van der Waals surface area contributed by atoms with Gasteiger partial charge in [-0.2, -0.15) is 4.98 Å².